The number of halogens is 1. The van der Waals surface area contributed by atoms with Gasteiger partial charge in [-0.2, -0.15) is 0 Å². The standard InChI is InChI=1S/C16H18FNO3/c17-14-11-12(6-8-15(19)20)5-7-13(14)16(21)18-9-3-1-2-4-10-18/h5-8,11H,1-4,9-10H2,(H,19,20). The normalized spacial score (nSPS) is 16.0. The predicted octanol–water partition coefficient (Wildman–Crippen LogP) is 2.94. The average molecular weight is 291 g/mol. The molecule has 1 aromatic carbocycles. The molecule has 2 rings (SSSR count). The van der Waals surface area contributed by atoms with Gasteiger partial charge in [-0.1, -0.05) is 18.9 Å². The van der Waals surface area contributed by atoms with Gasteiger partial charge in [0.05, 0.1) is 5.56 Å². The van der Waals surface area contributed by atoms with Gasteiger partial charge in [0.25, 0.3) is 5.91 Å². The molecule has 1 aromatic rings. The second-order valence-electron chi connectivity index (χ2n) is 5.12. The Morgan fingerprint density at radius 1 is 1.14 bits per heavy atom. The van der Waals surface area contributed by atoms with Crippen molar-refractivity contribution in [3.8, 4) is 0 Å². The van der Waals surface area contributed by atoms with Crippen molar-refractivity contribution in [3.05, 3.63) is 41.2 Å². The van der Waals surface area contributed by atoms with E-state index in [4.69, 9.17) is 5.11 Å². The first-order valence-corrected chi connectivity index (χ1v) is 7.08. The highest BCUT2D eigenvalue weighted by Gasteiger charge is 2.20. The van der Waals surface area contributed by atoms with E-state index in [1.54, 1.807) is 11.0 Å². The van der Waals surface area contributed by atoms with Crippen molar-refractivity contribution >= 4 is 18.0 Å². The SMILES string of the molecule is O=C(O)C=Cc1ccc(C(=O)N2CCCCCC2)c(F)c1. The van der Waals surface area contributed by atoms with Gasteiger partial charge in [-0.05, 0) is 36.6 Å². The van der Waals surface area contributed by atoms with E-state index in [-0.39, 0.29) is 11.5 Å². The molecule has 0 atom stereocenters. The molecule has 0 aliphatic carbocycles. The van der Waals surface area contributed by atoms with Crippen LogP contribution < -0.4 is 0 Å². The molecule has 1 fully saturated rings. The highest BCUT2D eigenvalue weighted by Crippen LogP contribution is 2.17. The zero-order chi connectivity index (χ0) is 15.2. The number of nitrogens with zero attached hydrogens (tertiary/aromatic N) is 1. The molecule has 4 nitrogen and oxygen atoms in total. The van der Waals surface area contributed by atoms with E-state index in [1.807, 2.05) is 0 Å². The van der Waals surface area contributed by atoms with Crippen LogP contribution in [0.3, 0.4) is 0 Å². The molecule has 1 aliphatic rings. The van der Waals surface area contributed by atoms with Crippen molar-refractivity contribution in [1.29, 1.82) is 0 Å². The third-order valence-corrected chi connectivity index (χ3v) is 3.54. The zero-order valence-corrected chi connectivity index (χ0v) is 11.7. The van der Waals surface area contributed by atoms with Gasteiger partial charge in [0.2, 0.25) is 0 Å². The lowest BCUT2D eigenvalue weighted by atomic mass is 10.1. The van der Waals surface area contributed by atoms with Gasteiger partial charge >= 0.3 is 5.97 Å². The molecule has 0 unspecified atom stereocenters. The Morgan fingerprint density at radius 2 is 1.81 bits per heavy atom. The quantitative estimate of drug-likeness (QED) is 0.871. The maximum atomic E-state index is 14.1. The van der Waals surface area contributed by atoms with Crippen LogP contribution in [0.2, 0.25) is 0 Å². The first-order chi connectivity index (χ1) is 10.1. The lowest BCUT2D eigenvalue weighted by molar-refractivity contribution is -0.131. The largest absolute Gasteiger partial charge is 0.478 e. The number of carbonyl (C=O) groups is 2. The summed E-state index contributed by atoms with van der Waals surface area (Å²) in [5, 5.41) is 8.54. The second kappa shape index (κ2) is 7.02. The summed E-state index contributed by atoms with van der Waals surface area (Å²) in [6, 6.07) is 4.15. The number of likely N-dealkylation sites (tertiary alicyclic amines) is 1. The smallest absolute Gasteiger partial charge is 0.328 e. The fourth-order valence-corrected chi connectivity index (χ4v) is 2.42. The highest BCUT2D eigenvalue weighted by atomic mass is 19.1. The Kier molecular flexibility index (Phi) is 5.09. The van der Waals surface area contributed by atoms with Gasteiger partial charge in [0, 0.05) is 19.2 Å². The van der Waals surface area contributed by atoms with Crippen LogP contribution in [-0.4, -0.2) is 35.0 Å². The number of benzene rings is 1. The Morgan fingerprint density at radius 3 is 2.38 bits per heavy atom. The monoisotopic (exact) mass is 291 g/mol. The van der Waals surface area contributed by atoms with Crippen LogP contribution in [0.5, 0.6) is 0 Å². The van der Waals surface area contributed by atoms with Crippen LogP contribution in [0, 0.1) is 5.82 Å². The van der Waals surface area contributed by atoms with Crippen LogP contribution in [0.4, 0.5) is 4.39 Å². The minimum atomic E-state index is -1.10. The van der Waals surface area contributed by atoms with E-state index in [2.05, 4.69) is 0 Å². The molecule has 21 heavy (non-hydrogen) atoms. The van der Waals surface area contributed by atoms with Gasteiger partial charge in [0.15, 0.2) is 0 Å². The maximum Gasteiger partial charge on any atom is 0.328 e. The summed E-state index contributed by atoms with van der Waals surface area (Å²) in [7, 11) is 0. The van der Waals surface area contributed by atoms with E-state index in [0.717, 1.165) is 31.8 Å². The number of aliphatic carboxylic acids is 1. The zero-order valence-electron chi connectivity index (χ0n) is 11.7. The summed E-state index contributed by atoms with van der Waals surface area (Å²) < 4.78 is 14.1. The highest BCUT2D eigenvalue weighted by molar-refractivity contribution is 5.95. The van der Waals surface area contributed by atoms with Crippen LogP contribution in [0.15, 0.2) is 24.3 Å². The van der Waals surface area contributed by atoms with Gasteiger partial charge in [0.1, 0.15) is 5.82 Å². The van der Waals surface area contributed by atoms with Crippen molar-refractivity contribution < 1.29 is 19.1 Å². The topological polar surface area (TPSA) is 57.6 Å². The molecule has 0 aromatic heterocycles. The van der Waals surface area contributed by atoms with E-state index in [0.29, 0.717) is 18.7 Å². The Bertz CT molecular complexity index is 561. The molecular weight excluding hydrogens is 273 g/mol. The van der Waals surface area contributed by atoms with Crippen LogP contribution in [0.1, 0.15) is 41.6 Å². The Hall–Kier alpha value is -2.17. The first kappa shape index (κ1) is 15.2. The minimum Gasteiger partial charge on any atom is -0.478 e. The van der Waals surface area contributed by atoms with E-state index >= 15 is 0 Å². The number of rotatable bonds is 3. The third kappa shape index (κ3) is 4.15. The summed E-state index contributed by atoms with van der Waals surface area (Å²) >= 11 is 0. The Balaban J connectivity index is 2.16. The second-order valence-corrected chi connectivity index (χ2v) is 5.12. The van der Waals surface area contributed by atoms with Crippen molar-refractivity contribution in [3.63, 3.8) is 0 Å². The van der Waals surface area contributed by atoms with Crippen molar-refractivity contribution in [2.24, 2.45) is 0 Å². The number of hydrogen-bond acceptors (Lipinski definition) is 2. The summed E-state index contributed by atoms with van der Waals surface area (Å²) in [5.41, 5.74) is 0.465. The fraction of sp³-hybridized carbons (Fsp3) is 0.375. The van der Waals surface area contributed by atoms with Crippen molar-refractivity contribution in [1.82, 2.24) is 4.90 Å². The molecule has 5 heteroatoms. The number of carbonyl (C=O) groups excluding carboxylic acids is 1. The van der Waals surface area contributed by atoms with Crippen LogP contribution in [-0.2, 0) is 4.79 Å². The molecule has 1 amide bonds. The maximum absolute atomic E-state index is 14.1. The fourth-order valence-electron chi connectivity index (χ4n) is 2.42. The molecule has 0 spiro atoms. The van der Waals surface area contributed by atoms with Crippen molar-refractivity contribution in [2.45, 2.75) is 25.7 Å². The van der Waals surface area contributed by atoms with Gasteiger partial charge in [-0.15, -0.1) is 0 Å². The van der Waals surface area contributed by atoms with E-state index in [1.165, 1.54) is 18.2 Å². The minimum absolute atomic E-state index is 0.0457. The molecule has 1 saturated heterocycles. The number of hydrogen-bond donors (Lipinski definition) is 1. The molecule has 0 radical (unpaired) electrons. The predicted molar refractivity (Wildman–Crippen MR) is 77.4 cm³/mol. The van der Waals surface area contributed by atoms with Crippen molar-refractivity contribution in [2.75, 3.05) is 13.1 Å². The van der Waals surface area contributed by atoms with Gasteiger partial charge in [-0.25, -0.2) is 9.18 Å². The van der Waals surface area contributed by atoms with Gasteiger partial charge in [-0.3, -0.25) is 4.79 Å². The molecule has 1 aliphatic heterocycles. The summed E-state index contributed by atoms with van der Waals surface area (Å²) in [6.45, 7) is 1.33. The molecule has 0 saturated carbocycles. The molecule has 1 N–H and O–H groups in total. The lowest BCUT2D eigenvalue weighted by Crippen LogP contribution is -2.32. The number of carboxylic acid groups (broad SMARTS) is 1. The summed E-state index contributed by atoms with van der Waals surface area (Å²) in [6.07, 6.45) is 6.34. The van der Waals surface area contributed by atoms with E-state index in [9.17, 15) is 14.0 Å². The number of carboxylic acids is 1. The molecule has 1 heterocycles. The third-order valence-electron chi connectivity index (χ3n) is 3.54. The first-order valence-electron chi connectivity index (χ1n) is 7.08. The average Bonchev–Trinajstić information content (AvgIpc) is 2.73. The molecule has 112 valence electrons. The van der Waals surface area contributed by atoms with Crippen LogP contribution >= 0.6 is 0 Å². The lowest BCUT2D eigenvalue weighted by Gasteiger charge is -2.20. The van der Waals surface area contributed by atoms with E-state index < -0.39 is 11.8 Å². The number of amides is 1. The van der Waals surface area contributed by atoms with Gasteiger partial charge < -0.3 is 10.0 Å². The molecular formula is C16H18FNO3. The summed E-state index contributed by atoms with van der Waals surface area (Å²) in [5.74, 6) is -2.00. The van der Waals surface area contributed by atoms with Crippen LogP contribution in [0.25, 0.3) is 6.08 Å². The molecule has 0 bridgehead atoms. The summed E-state index contributed by atoms with van der Waals surface area (Å²) in [4.78, 5) is 24.4. The Labute approximate surface area is 122 Å².